The fourth-order valence-corrected chi connectivity index (χ4v) is 2.58. The predicted molar refractivity (Wildman–Crippen MR) is 95.0 cm³/mol. The van der Waals surface area contributed by atoms with Gasteiger partial charge in [-0.3, -0.25) is 14.9 Å². The Kier molecular flexibility index (Phi) is 4.70. The molecule has 0 bridgehead atoms. The fourth-order valence-electron chi connectivity index (χ4n) is 2.58. The summed E-state index contributed by atoms with van der Waals surface area (Å²) in [7, 11) is 2.99. The molecule has 1 N–H and O–H groups in total. The summed E-state index contributed by atoms with van der Waals surface area (Å²) in [6, 6.07) is 12.6. The van der Waals surface area contributed by atoms with Gasteiger partial charge in [0.1, 0.15) is 17.1 Å². The van der Waals surface area contributed by atoms with Crippen LogP contribution in [0.1, 0.15) is 5.56 Å². The molecule has 132 valence electrons. The summed E-state index contributed by atoms with van der Waals surface area (Å²) in [5, 5.41) is 2.18. The molecule has 0 radical (unpaired) electrons. The molecule has 0 unspecified atom stereocenters. The normalized spacial score (nSPS) is 15.8. The lowest BCUT2D eigenvalue weighted by Crippen LogP contribution is -2.54. The van der Waals surface area contributed by atoms with Crippen molar-refractivity contribution in [2.45, 2.75) is 0 Å². The molecular formula is C19H16N2O5. The SMILES string of the molecule is COc1ccc(OC)c(C=C2C(=O)NC(=O)N(c3ccccc3)C2=O)c1. The van der Waals surface area contributed by atoms with Crippen LogP contribution < -0.4 is 19.7 Å². The van der Waals surface area contributed by atoms with Crippen LogP contribution in [0.5, 0.6) is 11.5 Å². The number of carbonyl (C=O) groups excluding carboxylic acids is 3. The summed E-state index contributed by atoms with van der Waals surface area (Å²) in [5.74, 6) is -0.480. The molecule has 1 saturated heterocycles. The standard InChI is InChI=1S/C19H16N2O5/c1-25-14-8-9-16(26-2)12(10-14)11-15-17(22)20-19(24)21(18(15)23)13-6-4-3-5-7-13/h3-11H,1-2H3,(H,20,22,24). The van der Waals surface area contributed by atoms with Crippen molar-refractivity contribution in [2.75, 3.05) is 19.1 Å². The van der Waals surface area contributed by atoms with E-state index in [0.717, 1.165) is 4.90 Å². The Morgan fingerprint density at radius 3 is 2.35 bits per heavy atom. The van der Waals surface area contributed by atoms with E-state index >= 15 is 0 Å². The van der Waals surface area contributed by atoms with Crippen LogP contribution in [0.4, 0.5) is 10.5 Å². The Balaban J connectivity index is 2.06. The maximum absolute atomic E-state index is 12.8. The van der Waals surface area contributed by atoms with E-state index in [1.54, 1.807) is 48.5 Å². The first kappa shape index (κ1) is 17.2. The van der Waals surface area contributed by atoms with Gasteiger partial charge in [-0.25, -0.2) is 9.69 Å². The van der Waals surface area contributed by atoms with Gasteiger partial charge in [0.15, 0.2) is 0 Å². The van der Waals surface area contributed by atoms with Gasteiger partial charge >= 0.3 is 6.03 Å². The first-order valence-corrected chi connectivity index (χ1v) is 7.73. The van der Waals surface area contributed by atoms with Gasteiger partial charge in [0.05, 0.1) is 19.9 Å². The largest absolute Gasteiger partial charge is 0.497 e. The zero-order valence-electron chi connectivity index (χ0n) is 14.2. The van der Waals surface area contributed by atoms with E-state index in [1.807, 2.05) is 0 Å². The zero-order valence-corrected chi connectivity index (χ0v) is 14.2. The lowest BCUT2D eigenvalue weighted by molar-refractivity contribution is -0.122. The van der Waals surface area contributed by atoms with Crippen molar-refractivity contribution in [3.63, 3.8) is 0 Å². The molecule has 0 aliphatic carbocycles. The molecule has 0 atom stereocenters. The number of hydrogen-bond donors (Lipinski definition) is 1. The van der Waals surface area contributed by atoms with Crippen LogP contribution in [-0.2, 0) is 9.59 Å². The second kappa shape index (κ2) is 7.10. The lowest BCUT2D eigenvalue weighted by Gasteiger charge is -2.26. The summed E-state index contributed by atoms with van der Waals surface area (Å²) >= 11 is 0. The van der Waals surface area contributed by atoms with Crippen molar-refractivity contribution in [1.82, 2.24) is 5.32 Å². The van der Waals surface area contributed by atoms with Crippen molar-refractivity contribution in [3.05, 3.63) is 59.7 Å². The Labute approximate surface area is 149 Å². The van der Waals surface area contributed by atoms with Crippen molar-refractivity contribution in [3.8, 4) is 11.5 Å². The van der Waals surface area contributed by atoms with Crippen LogP contribution in [0.3, 0.4) is 0 Å². The third kappa shape index (κ3) is 3.14. The van der Waals surface area contributed by atoms with Gasteiger partial charge in [-0.2, -0.15) is 0 Å². The van der Waals surface area contributed by atoms with Crippen molar-refractivity contribution in [1.29, 1.82) is 0 Å². The number of nitrogens with one attached hydrogen (secondary N) is 1. The number of methoxy groups -OCH3 is 2. The van der Waals surface area contributed by atoms with E-state index in [1.165, 1.54) is 20.3 Å². The molecule has 0 saturated carbocycles. The highest BCUT2D eigenvalue weighted by atomic mass is 16.5. The van der Waals surface area contributed by atoms with Crippen LogP contribution in [-0.4, -0.2) is 32.1 Å². The number of rotatable bonds is 4. The zero-order chi connectivity index (χ0) is 18.7. The number of para-hydroxylation sites is 1. The first-order chi connectivity index (χ1) is 12.5. The summed E-state index contributed by atoms with van der Waals surface area (Å²) in [4.78, 5) is 38.1. The molecule has 1 heterocycles. The number of urea groups is 1. The number of nitrogens with zero attached hydrogens (tertiary/aromatic N) is 1. The number of carbonyl (C=O) groups is 3. The van der Waals surface area contributed by atoms with Crippen LogP contribution in [0, 0.1) is 0 Å². The molecule has 1 aliphatic rings. The molecule has 0 aromatic heterocycles. The fraction of sp³-hybridized carbons (Fsp3) is 0.105. The van der Waals surface area contributed by atoms with Crippen LogP contribution in [0.2, 0.25) is 0 Å². The molecule has 7 heteroatoms. The van der Waals surface area contributed by atoms with Gasteiger partial charge in [-0.1, -0.05) is 18.2 Å². The highest BCUT2D eigenvalue weighted by Gasteiger charge is 2.36. The average molecular weight is 352 g/mol. The first-order valence-electron chi connectivity index (χ1n) is 7.73. The maximum atomic E-state index is 12.8. The Bertz CT molecular complexity index is 905. The number of imide groups is 2. The van der Waals surface area contributed by atoms with Crippen molar-refractivity contribution < 1.29 is 23.9 Å². The summed E-state index contributed by atoms with van der Waals surface area (Å²) in [5.41, 5.74) is 0.665. The third-order valence-corrected chi connectivity index (χ3v) is 3.85. The van der Waals surface area contributed by atoms with Gasteiger partial charge < -0.3 is 9.47 Å². The number of benzene rings is 2. The molecule has 3 rings (SSSR count). The highest BCUT2D eigenvalue weighted by Crippen LogP contribution is 2.28. The second-order valence-corrected chi connectivity index (χ2v) is 5.40. The number of amides is 4. The summed E-state index contributed by atoms with van der Waals surface area (Å²) < 4.78 is 10.4. The van der Waals surface area contributed by atoms with Gasteiger partial charge in [0.2, 0.25) is 0 Å². The topological polar surface area (TPSA) is 84.9 Å². The van der Waals surface area contributed by atoms with E-state index in [-0.39, 0.29) is 5.57 Å². The smallest absolute Gasteiger partial charge is 0.335 e. The van der Waals surface area contributed by atoms with Crippen LogP contribution in [0.25, 0.3) is 6.08 Å². The minimum atomic E-state index is -0.791. The minimum absolute atomic E-state index is 0.181. The van der Waals surface area contributed by atoms with E-state index in [2.05, 4.69) is 5.32 Å². The third-order valence-electron chi connectivity index (χ3n) is 3.85. The van der Waals surface area contributed by atoms with E-state index in [9.17, 15) is 14.4 Å². The van der Waals surface area contributed by atoms with Gasteiger partial charge in [-0.15, -0.1) is 0 Å². The molecule has 2 aromatic carbocycles. The van der Waals surface area contributed by atoms with E-state index in [4.69, 9.17) is 9.47 Å². The molecule has 4 amide bonds. The molecule has 1 fully saturated rings. The second-order valence-electron chi connectivity index (χ2n) is 5.40. The van der Waals surface area contributed by atoms with E-state index < -0.39 is 17.8 Å². The van der Waals surface area contributed by atoms with Crippen molar-refractivity contribution in [2.24, 2.45) is 0 Å². The molecule has 26 heavy (non-hydrogen) atoms. The summed E-state index contributed by atoms with van der Waals surface area (Å²) in [6.45, 7) is 0. The van der Waals surface area contributed by atoms with Crippen molar-refractivity contribution >= 4 is 29.6 Å². The Morgan fingerprint density at radius 1 is 0.962 bits per heavy atom. The Hall–Kier alpha value is -3.61. The minimum Gasteiger partial charge on any atom is -0.497 e. The highest BCUT2D eigenvalue weighted by molar-refractivity contribution is 6.39. The van der Waals surface area contributed by atoms with Gasteiger partial charge in [-0.05, 0) is 36.4 Å². The summed E-state index contributed by atoms with van der Waals surface area (Å²) in [6.07, 6.45) is 1.38. The monoisotopic (exact) mass is 352 g/mol. The Morgan fingerprint density at radius 2 is 1.69 bits per heavy atom. The number of ether oxygens (including phenoxy) is 2. The molecule has 1 aliphatic heterocycles. The van der Waals surface area contributed by atoms with Gasteiger partial charge in [0.25, 0.3) is 11.8 Å². The van der Waals surface area contributed by atoms with Gasteiger partial charge in [0, 0.05) is 5.56 Å². The quantitative estimate of drug-likeness (QED) is 0.674. The molecule has 0 spiro atoms. The molecule has 7 nitrogen and oxygen atoms in total. The number of barbiturate groups is 1. The van der Waals surface area contributed by atoms with Crippen LogP contribution >= 0.6 is 0 Å². The maximum Gasteiger partial charge on any atom is 0.335 e. The number of hydrogen-bond acceptors (Lipinski definition) is 5. The molecular weight excluding hydrogens is 336 g/mol. The predicted octanol–water partition coefficient (Wildman–Crippen LogP) is 2.37. The lowest BCUT2D eigenvalue weighted by atomic mass is 10.1. The van der Waals surface area contributed by atoms with E-state index in [0.29, 0.717) is 22.7 Å². The molecule has 2 aromatic rings. The average Bonchev–Trinajstić information content (AvgIpc) is 2.65. The number of anilines is 1. The van der Waals surface area contributed by atoms with Crippen LogP contribution in [0.15, 0.2) is 54.1 Å².